The lowest BCUT2D eigenvalue weighted by Gasteiger charge is -2.08. The summed E-state index contributed by atoms with van der Waals surface area (Å²) >= 11 is 11.9. The van der Waals surface area contributed by atoms with Crippen molar-refractivity contribution >= 4 is 47.4 Å². The molecule has 1 rings (SSSR count). The molecule has 0 heterocycles. The molecule has 2 amide bonds. The molecule has 0 saturated carbocycles. The van der Waals surface area contributed by atoms with Gasteiger partial charge in [0.1, 0.15) is 0 Å². The molecule has 1 aromatic carbocycles. The Bertz CT molecular complexity index is 469. The Morgan fingerprint density at radius 3 is 2.50 bits per heavy atom. The van der Waals surface area contributed by atoms with E-state index in [0.29, 0.717) is 23.0 Å². The molecule has 0 aliphatic carbocycles. The molecule has 1 aromatic rings. The number of carbonyl (C=O) groups excluding carboxylic acids is 2. The van der Waals surface area contributed by atoms with Crippen molar-refractivity contribution in [2.24, 2.45) is 5.73 Å². The third-order valence-corrected chi connectivity index (χ3v) is 3.24. The van der Waals surface area contributed by atoms with Crippen LogP contribution in [0.25, 0.3) is 0 Å². The van der Waals surface area contributed by atoms with Gasteiger partial charge < -0.3 is 16.4 Å². The number of nitrogens with one attached hydrogen (secondary N) is 2. The van der Waals surface area contributed by atoms with Crippen molar-refractivity contribution in [3.05, 3.63) is 33.8 Å². The van der Waals surface area contributed by atoms with E-state index in [2.05, 4.69) is 10.6 Å². The van der Waals surface area contributed by atoms with Crippen molar-refractivity contribution in [3.8, 4) is 0 Å². The van der Waals surface area contributed by atoms with Crippen LogP contribution in [0, 0.1) is 0 Å². The summed E-state index contributed by atoms with van der Waals surface area (Å²) in [5.74, 6) is -0.645. The Hall–Kier alpha value is -1.01. The van der Waals surface area contributed by atoms with Gasteiger partial charge in [0.15, 0.2) is 0 Å². The zero-order valence-corrected chi connectivity index (χ0v) is 12.9. The van der Waals surface area contributed by atoms with Gasteiger partial charge in [-0.05, 0) is 18.1 Å². The fourth-order valence-corrected chi connectivity index (χ4v) is 1.81. The highest BCUT2D eigenvalue weighted by Gasteiger charge is 2.06. The Labute approximate surface area is 133 Å². The normalized spacial score (nSPS) is 9.55. The molecular weight excluding hydrogens is 325 g/mol. The first-order valence-corrected chi connectivity index (χ1v) is 6.46. The topological polar surface area (TPSA) is 84.2 Å². The number of hydrogen-bond acceptors (Lipinski definition) is 3. The number of hydrogen-bond donors (Lipinski definition) is 3. The average Bonchev–Trinajstić information content (AvgIpc) is 2.40. The summed E-state index contributed by atoms with van der Waals surface area (Å²) in [5, 5.41) is 6.02. The molecule has 0 bridgehead atoms. The van der Waals surface area contributed by atoms with Crippen LogP contribution in [0.15, 0.2) is 18.2 Å². The van der Waals surface area contributed by atoms with Gasteiger partial charge in [0, 0.05) is 6.54 Å². The number of carbonyl (C=O) groups is 2. The summed E-state index contributed by atoms with van der Waals surface area (Å²) in [6.45, 7) is 0.197. The monoisotopic (exact) mass is 339 g/mol. The van der Waals surface area contributed by atoms with Crippen molar-refractivity contribution in [1.29, 1.82) is 0 Å². The van der Waals surface area contributed by atoms with Gasteiger partial charge in [-0.3, -0.25) is 9.59 Å². The molecule has 20 heavy (non-hydrogen) atoms. The van der Waals surface area contributed by atoms with Crippen LogP contribution in [-0.4, -0.2) is 31.4 Å². The van der Waals surface area contributed by atoms with Crippen LogP contribution >= 0.6 is 35.6 Å². The third-order valence-electron chi connectivity index (χ3n) is 2.38. The lowest BCUT2D eigenvalue weighted by atomic mass is 10.1. The summed E-state index contributed by atoms with van der Waals surface area (Å²) in [6.07, 6.45) is 0.565. The molecule has 8 heteroatoms. The van der Waals surface area contributed by atoms with Crippen molar-refractivity contribution in [3.63, 3.8) is 0 Å². The molecule has 0 aliphatic heterocycles. The first-order valence-electron chi connectivity index (χ1n) is 5.71. The minimum absolute atomic E-state index is 0. The zero-order valence-electron chi connectivity index (χ0n) is 10.6. The second kappa shape index (κ2) is 9.83. The Kier molecular flexibility index (Phi) is 9.33. The molecule has 0 spiro atoms. The number of halogens is 3. The minimum atomic E-state index is -0.368. The molecule has 0 fully saturated rings. The Balaban J connectivity index is 0.00000361. The van der Waals surface area contributed by atoms with Crippen molar-refractivity contribution < 1.29 is 9.59 Å². The van der Waals surface area contributed by atoms with Gasteiger partial charge >= 0.3 is 0 Å². The van der Waals surface area contributed by atoms with Gasteiger partial charge in [-0.2, -0.15) is 0 Å². The largest absolute Gasteiger partial charge is 0.354 e. The zero-order chi connectivity index (χ0) is 14.3. The van der Waals surface area contributed by atoms with Crippen LogP contribution in [0.3, 0.4) is 0 Å². The van der Waals surface area contributed by atoms with Crippen LogP contribution in [0.5, 0.6) is 0 Å². The lowest BCUT2D eigenvalue weighted by molar-refractivity contribution is -0.125. The second-order valence-corrected chi connectivity index (χ2v) is 4.58. The highest BCUT2D eigenvalue weighted by atomic mass is 35.5. The second-order valence-electron chi connectivity index (χ2n) is 3.79. The van der Waals surface area contributed by atoms with Crippen LogP contribution in [0.4, 0.5) is 0 Å². The van der Waals surface area contributed by atoms with E-state index < -0.39 is 0 Å². The van der Waals surface area contributed by atoms with E-state index >= 15 is 0 Å². The third kappa shape index (κ3) is 6.43. The molecular formula is C12H16Cl3N3O2. The number of benzene rings is 1. The standard InChI is InChI=1S/C12H15Cl2N3O2.ClH/c13-9-3-1-2-8(12(9)14)4-5-16-11(19)7-17-10(18)6-15;/h1-3H,4-7,15H2,(H,16,19)(H,17,18);1H. The van der Waals surface area contributed by atoms with Gasteiger partial charge in [-0.15, -0.1) is 12.4 Å². The van der Waals surface area contributed by atoms with Crippen LogP contribution in [0.1, 0.15) is 5.56 Å². The van der Waals surface area contributed by atoms with Gasteiger partial charge in [0.05, 0.1) is 23.1 Å². The molecule has 0 aliphatic rings. The highest BCUT2D eigenvalue weighted by Crippen LogP contribution is 2.25. The predicted molar refractivity (Wildman–Crippen MR) is 82.5 cm³/mol. The van der Waals surface area contributed by atoms with Crippen molar-refractivity contribution in [2.75, 3.05) is 19.6 Å². The van der Waals surface area contributed by atoms with E-state index in [-0.39, 0.29) is 37.3 Å². The van der Waals surface area contributed by atoms with Crippen LogP contribution in [0.2, 0.25) is 10.0 Å². The minimum Gasteiger partial charge on any atom is -0.354 e. The molecule has 112 valence electrons. The fraction of sp³-hybridized carbons (Fsp3) is 0.333. The number of amides is 2. The molecule has 4 N–H and O–H groups in total. The smallest absolute Gasteiger partial charge is 0.239 e. The first kappa shape index (κ1) is 19.0. The maximum absolute atomic E-state index is 11.4. The van der Waals surface area contributed by atoms with E-state index in [4.69, 9.17) is 28.9 Å². The summed E-state index contributed by atoms with van der Waals surface area (Å²) in [7, 11) is 0. The van der Waals surface area contributed by atoms with E-state index in [1.54, 1.807) is 12.1 Å². The first-order chi connectivity index (χ1) is 9.04. The summed E-state index contributed by atoms with van der Waals surface area (Å²) in [6, 6.07) is 5.34. The van der Waals surface area contributed by atoms with Gasteiger partial charge in [-0.1, -0.05) is 35.3 Å². The van der Waals surface area contributed by atoms with Crippen molar-refractivity contribution in [2.45, 2.75) is 6.42 Å². The average molecular weight is 341 g/mol. The fourth-order valence-electron chi connectivity index (χ4n) is 1.39. The number of nitrogens with two attached hydrogens (primary N) is 1. The van der Waals surface area contributed by atoms with Crippen LogP contribution < -0.4 is 16.4 Å². The van der Waals surface area contributed by atoms with E-state index in [1.807, 2.05) is 6.07 Å². The van der Waals surface area contributed by atoms with Gasteiger partial charge in [-0.25, -0.2) is 0 Å². The molecule has 5 nitrogen and oxygen atoms in total. The Morgan fingerprint density at radius 2 is 1.85 bits per heavy atom. The van der Waals surface area contributed by atoms with Crippen LogP contribution in [-0.2, 0) is 16.0 Å². The molecule has 0 radical (unpaired) electrons. The van der Waals surface area contributed by atoms with E-state index in [0.717, 1.165) is 5.56 Å². The molecule has 0 atom stereocenters. The molecule has 0 unspecified atom stereocenters. The molecule has 0 saturated heterocycles. The lowest BCUT2D eigenvalue weighted by Crippen LogP contribution is -2.40. The quantitative estimate of drug-likeness (QED) is 0.726. The van der Waals surface area contributed by atoms with Gasteiger partial charge in [0.2, 0.25) is 11.8 Å². The maximum atomic E-state index is 11.4. The van der Waals surface area contributed by atoms with Gasteiger partial charge in [0.25, 0.3) is 0 Å². The van der Waals surface area contributed by atoms with E-state index in [9.17, 15) is 9.59 Å². The maximum Gasteiger partial charge on any atom is 0.239 e. The highest BCUT2D eigenvalue weighted by molar-refractivity contribution is 6.42. The Morgan fingerprint density at radius 1 is 1.15 bits per heavy atom. The summed E-state index contributed by atoms with van der Waals surface area (Å²) < 4.78 is 0. The summed E-state index contributed by atoms with van der Waals surface area (Å²) in [5.41, 5.74) is 5.96. The number of rotatable bonds is 6. The predicted octanol–water partition coefficient (Wildman–Crippen LogP) is 1.15. The van der Waals surface area contributed by atoms with E-state index in [1.165, 1.54) is 0 Å². The summed E-state index contributed by atoms with van der Waals surface area (Å²) in [4.78, 5) is 22.2. The van der Waals surface area contributed by atoms with Crippen molar-refractivity contribution in [1.82, 2.24) is 10.6 Å². The molecule has 0 aromatic heterocycles. The SMILES string of the molecule is Cl.NCC(=O)NCC(=O)NCCc1cccc(Cl)c1Cl.